The number of aromatic nitrogens is 2. The molecule has 0 atom stereocenters. The minimum absolute atomic E-state index is 0.0305. The number of esters is 1. The first-order chi connectivity index (χ1) is 7.33. The molecule has 1 aromatic heterocycles. The van der Waals surface area contributed by atoms with Crippen LogP contribution in [0.1, 0.15) is 37.0 Å². The standard InChI is InChI=1S/C11H16N2O3/c1-11(2,3)5-8-12-6-7(9(14)13-8)10(15)16-4/h6H,5H2,1-4H3,(H,12,13,14). The average molecular weight is 224 g/mol. The van der Waals surface area contributed by atoms with Gasteiger partial charge in [-0.15, -0.1) is 0 Å². The highest BCUT2D eigenvalue weighted by atomic mass is 16.5. The van der Waals surface area contributed by atoms with E-state index in [2.05, 4.69) is 14.7 Å². The number of carbonyl (C=O) groups is 1. The normalized spacial score (nSPS) is 11.2. The number of carbonyl (C=O) groups excluding carboxylic acids is 1. The Morgan fingerprint density at radius 2 is 2.12 bits per heavy atom. The maximum Gasteiger partial charge on any atom is 0.345 e. The molecule has 88 valence electrons. The molecule has 1 heterocycles. The van der Waals surface area contributed by atoms with Gasteiger partial charge in [0, 0.05) is 12.6 Å². The van der Waals surface area contributed by atoms with Crippen LogP contribution >= 0.6 is 0 Å². The second kappa shape index (κ2) is 4.47. The molecule has 1 rings (SSSR count). The van der Waals surface area contributed by atoms with E-state index in [4.69, 9.17) is 0 Å². The molecule has 1 aromatic rings. The van der Waals surface area contributed by atoms with Gasteiger partial charge in [-0.3, -0.25) is 4.79 Å². The van der Waals surface area contributed by atoms with Crippen molar-refractivity contribution in [3.8, 4) is 0 Å². The highest BCUT2D eigenvalue weighted by molar-refractivity contribution is 5.88. The van der Waals surface area contributed by atoms with Crippen molar-refractivity contribution in [2.45, 2.75) is 27.2 Å². The predicted octanol–water partition coefficient (Wildman–Crippen LogP) is 1.15. The van der Waals surface area contributed by atoms with Crippen molar-refractivity contribution in [3.05, 3.63) is 27.9 Å². The molecule has 0 radical (unpaired) electrons. The number of aromatic amines is 1. The van der Waals surface area contributed by atoms with Crippen molar-refractivity contribution in [2.24, 2.45) is 5.41 Å². The fourth-order valence-corrected chi connectivity index (χ4v) is 1.28. The molecular weight excluding hydrogens is 208 g/mol. The Morgan fingerprint density at radius 1 is 1.50 bits per heavy atom. The summed E-state index contributed by atoms with van der Waals surface area (Å²) in [6.07, 6.45) is 1.90. The fraction of sp³-hybridized carbons (Fsp3) is 0.545. The molecule has 0 aliphatic rings. The van der Waals surface area contributed by atoms with Crippen LogP contribution in [0.4, 0.5) is 0 Å². The van der Waals surface area contributed by atoms with E-state index >= 15 is 0 Å². The third-order valence-corrected chi connectivity index (χ3v) is 1.96. The number of hydrogen-bond acceptors (Lipinski definition) is 4. The van der Waals surface area contributed by atoms with Gasteiger partial charge in [-0.1, -0.05) is 20.8 Å². The molecule has 0 spiro atoms. The number of rotatable bonds is 2. The van der Waals surface area contributed by atoms with E-state index in [-0.39, 0.29) is 11.0 Å². The molecule has 0 unspecified atom stereocenters. The summed E-state index contributed by atoms with van der Waals surface area (Å²) >= 11 is 0. The fourth-order valence-electron chi connectivity index (χ4n) is 1.28. The SMILES string of the molecule is COC(=O)c1cnc(CC(C)(C)C)[nH]c1=O. The number of methoxy groups -OCH3 is 1. The van der Waals surface area contributed by atoms with Crippen molar-refractivity contribution in [2.75, 3.05) is 7.11 Å². The summed E-state index contributed by atoms with van der Waals surface area (Å²) in [5.41, 5.74) is -0.496. The first kappa shape index (κ1) is 12.4. The van der Waals surface area contributed by atoms with Gasteiger partial charge in [0.2, 0.25) is 0 Å². The van der Waals surface area contributed by atoms with Gasteiger partial charge in [-0.25, -0.2) is 9.78 Å². The lowest BCUT2D eigenvalue weighted by atomic mass is 9.92. The van der Waals surface area contributed by atoms with Gasteiger partial charge in [-0.05, 0) is 5.41 Å². The minimum Gasteiger partial charge on any atom is -0.465 e. The van der Waals surface area contributed by atoms with E-state index in [1.165, 1.54) is 13.3 Å². The van der Waals surface area contributed by atoms with Gasteiger partial charge in [0.1, 0.15) is 11.4 Å². The molecule has 0 aliphatic carbocycles. The largest absolute Gasteiger partial charge is 0.465 e. The van der Waals surface area contributed by atoms with E-state index < -0.39 is 11.5 Å². The van der Waals surface area contributed by atoms with E-state index in [0.29, 0.717) is 12.2 Å². The third-order valence-electron chi connectivity index (χ3n) is 1.96. The van der Waals surface area contributed by atoms with E-state index in [1.54, 1.807) is 0 Å². The smallest absolute Gasteiger partial charge is 0.345 e. The molecule has 5 nitrogen and oxygen atoms in total. The van der Waals surface area contributed by atoms with E-state index in [9.17, 15) is 9.59 Å². The molecule has 0 amide bonds. The summed E-state index contributed by atoms with van der Waals surface area (Å²) in [5.74, 6) is -0.0961. The van der Waals surface area contributed by atoms with Crippen LogP contribution in [0.5, 0.6) is 0 Å². The minimum atomic E-state index is -0.670. The molecular formula is C11H16N2O3. The van der Waals surface area contributed by atoms with Crippen LogP contribution in [0.3, 0.4) is 0 Å². The van der Waals surface area contributed by atoms with Crippen LogP contribution in [-0.2, 0) is 11.2 Å². The van der Waals surface area contributed by atoms with Crippen molar-refractivity contribution < 1.29 is 9.53 Å². The number of hydrogen-bond donors (Lipinski definition) is 1. The molecule has 0 fully saturated rings. The third kappa shape index (κ3) is 3.18. The Morgan fingerprint density at radius 3 is 2.56 bits per heavy atom. The maximum absolute atomic E-state index is 11.5. The highest BCUT2D eigenvalue weighted by Gasteiger charge is 2.16. The number of ether oxygens (including phenoxy) is 1. The van der Waals surface area contributed by atoms with Crippen molar-refractivity contribution in [3.63, 3.8) is 0 Å². The Balaban J connectivity index is 3.01. The molecule has 1 N–H and O–H groups in total. The summed E-state index contributed by atoms with van der Waals surface area (Å²) in [7, 11) is 1.23. The van der Waals surface area contributed by atoms with Crippen LogP contribution in [-0.4, -0.2) is 23.0 Å². The Kier molecular flexibility index (Phi) is 3.47. The van der Waals surface area contributed by atoms with Gasteiger partial charge < -0.3 is 9.72 Å². The van der Waals surface area contributed by atoms with Crippen LogP contribution in [0, 0.1) is 5.41 Å². The molecule has 0 bridgehead atoms. The van der Waals surface area contributed by atoms with Gasteiger partial charge in [0.25, 0.3) is 5.56 Å². The molecule has 0 saturated heterocycles. The first-order valence-corrected chi connectivity index (χ1v) is 5.00. The Bertz CT molecular complexity index is 443. The average Bonchev–Trinajstić information content (AvgIpc) is 2.14. The lowest BCUT2D eigenvalue weighted by Crippen LogP contribution is -2.23. The summed E-state index contributed by atoms with van der Waals surface area (Å²) in [6.45, 7) is 6.13. The summed E-state index contributed by atoms with van der Waals surface area (Å²) < 4.78 is 4.46. The molecule has 5 heteroatoms. The Hall–Kier alpha value is -1.65. The predicted molar refractivity (Wildman–Crippen MR) is 59.4 cm³/mol. The van der Waals surface area contributed by atoms with Crippen LogP contribution < -0.4 is 5.56 Å². The quantitative estimate of drug-likeness (QED) is 0.765. The van der Waals surface area contributed by atoms with Crippen LogP contribution in [0.2, 0.25) is 0 Å². The molecule has 0 aliphatic heterocycles. The van der Waals surface area contributed by atoms with Gasteiger partial charge in [0.05, 0.1) is 7.11 Å². The Labute approximate surface area is 93.9 Å². The number of H-pyrrole nitrogens is 1. The zero-order chi connectivity index (χ0) is 12.3. The monoisotopic (exact) mass is 224 g/mol. The van der Waals surface area contributed by atoms with E-state index in [0.717, 1.165) is 0 Å². The lowest BCUT2D eigenvalue weighted by Gasteiger charge is -2.16. The van der Waals surface area contributed by atoms with Crippen molar-refractivity contribution >= 4 is 5.97 Å². The van der Waals surface area contributed by atoms with Gasteiger partial charge in [0.15, 0.2) is 0 Å². The molecule has 0 aromatic carbocycles. The number of nitrogens with one attached hydrogen (secondary N) is 1. The lowest BCUT2D eigenvalue weighted by molar-refractivity contribution is 0.0598. The second-order valence-corrected chi connectivity index (χ2v) is 4.80. The zero-order valence-electron chi connectivity index (χ0n) is 9.96. The molecule has 0 saturated carbocycles. The van der Waals surface area contributed by atoms with E-state index in [1.807, 2.05) is 20.8 Å². The van der Waals surface area contributed by atoms with Crippen molar-refractivity contribution in [1.29, 1.82) is 0 Å². The molecule has 16 heavy (non-hydrogen) atoms. The highest BCUT2D eigenvalue weighted by Crippen LogP contribution is 2.17. The summed E-state index contributed by atoms with van der Waals surface area (Å²) in [5, 5.41) is 0. The van der Waals surface area contributed by atoms with Crippen LogP contribution in [0.25, 0.3) is 0 Å². The second-order valence-electron chi connectivity index (χ2n) is 4.80. The zero-order valence-corrected chi connectivity index (χ0v) is 9.96. The summed E-state index contributed by atoms with van der Waals surface area (Å²) in [4.78, 5) is 29.3. The van der Waals surface area contributed by atoms with Crippen molar-refractivity contribution in [1.82, 2.24) is 9.97 Å². The maximum atomic E-state index is 11.5. The first-order valence-electron chi connectivity index (χ1n) is 5.00. The van der Waals surface area contributed by atoms with Gasteiger partial charge in [-0.2, -0.15) is 0 Å². The number of nitrogens with zero attached hydrogens (tertiary/aromatic N) is 1. The summed E-state index contributed by atoms with van der Waals surface area (Å²) in [6, 6.07) is 0. The topological polar surface area (TPSA) is 72.0 Å². The van der Waals surface area contributed by atoms with Gasteiger partial charge >= 0.3 is 5.97 Å². The van der Waals surface area contributed by atoms with Crippen LogP contribution in [0.15, 0.2) is 11.0 Å².